The van der Waals surface area contributed by atoms with Gasteiger partial charge in [-0.05, 0) is 19.3 Å². The van der Waals surface area contributed by atoms with Crippen molar-refractivity contribution in [2.24, 2.45) is 0 Å². The molecule has 0 aromatic rings. The summed E-state index contributed by atoms with van der Waals surface area (Å²) in [4.78, 5) is 25.4. The molecule has 6 heteroatoms. The van der Waals surface area contributed by atoms with Crippen molar-refractivity contribution in [3.63, 3.8) is 0 Å². The molecule has 0 aliphatic carbocycles. The van der Waals surface area contributed by atoms with Crippen LogP contribution in [-0.2, 0) is 14.3 Å². The molecule has 0 aromatic heterocycles. The summed E-state index contributed by atoms with van der Waals surface area (Å²) in [5.41, 5.74) is 0. The highest BCUT2D eigenvalue weighted by Crippen LogP contribution is 2.12. The minimum atomic E-state index is -0.366. The Bertz CT molecular complexity index is 267. The van der Waals surface area contributed by atoms with Gasteiger partial charge in [-0.3, -0.25) is 9.59 Å². The number of carbonyl (C=O) groups excluding carboxylic acids is 2. The van der Waals surface area contributed by atoms with Crippen LogP contribution in [0, 0.1) is 0 Å². The van der Waals surface area contributed by atoms with Gasteiger partial charge in [0.05, 0.1) is 6.54 Å². The highest BCUT2D eigenvalue weighted by Gasteiger charge is 2.23. The molecule has 2 aliphatic heterocycles. The maximum atomic E-state index is 11.8. The van der Waals surface area contributed by atoms with Crippen molar-refractivity contribution in [2.45, 2.75) is 25.4 Å². The van der Waals surface area contributed by atoms with Crippen LogP contribution in [0.1, 0.15) is 19.3 Å². The van der Waals surface area contributed by atoms with Crippen molar-refractivity contribution in [2.75, 3.05) is 39.3 Å². The summed E-state index contributed by atoms with van der Waals surface area (Å²) >= 11 is 0. The van der Waals surface area contributed by atoms with Crippen LogP contribution in [-0.4, -0.2) is 62.1 Å². The first-order valence-electron chi connectivity index (χ1n) is 6.65. The van der Waals surface area contributed by atoms with E-state index in [0.29, 0.717) is 19.7 Å². The van der Waals surface area contributed by atoms with Gasteiger partial charge in [0.15, 0.2) is 0 Å². The Labute approximate surface area is 107 Å². The average molecular weight is 255 g/mol. The summed E-state index contributed by atoms with van der Waals surface area (Å²) in [6.45, 7) is 3.81. The smallest absolute Gasteiger partial charge is 0.249 e. The van der Waals surface area contributed by atoms with Crippen LogP contribution >= 0.6 is 0 Å². The van der Waals surface area contributed by atoms with Crippen LogP contribution < -0.4 is 10.6 Å². The van der Waals surface area contributed by atoms with Crippen LogP contribution in [0.3, 0.4) is 0 Å². The van der Waals surface area contributed by atoms with Gasteiger partial charge < -0.3 is 20.3 Å². The van der Waals surface area contributed by atoms with E-state index in [0.717, 1.165) is 32.4 Å². The summed E-state index contributed by atoms with van der Waals surface area (Å²) in [5, 5.41) is 5.86. The highest BCUT2D eigenvalue weighted by molar-refractivity contribution is 5.87. The summed E-state index contributed by atoms with van der Waals surface area (Å²) in [7, 11) is 0. The lowest BCUT2D eigenvalue weighted by Crippen LogP contribution is -2.50. The van der Waals surface area contributed by atoms with Crippen LogP contribution in [0.25, 0.3) is 0 Å². The van der Waals surface area contributed by atoms with Gasteiger partial charge in [0.1, 0.15) is 6.10 Å². The van der Waals surface area contributed by atoms with Crippen molar-refractivity contribution < 1.29 is 14.3 Å². The lowest BCUT2D eigenvalue weighted by Gasteiger charge is -2.28. The first-order valence-corrected chi connectivity index (χ1v) is 6.65. The lowest BCUT2D eigenvalue weighted by molar-refractivity contribution is -0.139. The maximum absolute atomic E-state index is 11.8. The molecule has 2 fully saturated rings. The Balaban J connectivity index is 1.69. The lowest BCUT2D eigenvalue weighted by atomic mass is 10.1. The van der Waals surface area contributed by atoms with Gasteiger partial charge in [0.2, 0.25) is 11.8 Å². The zero-order valence-electron chi connectivity index (χ0n) is 10.6. The fourth-order valence-corrected chi connectivity index (χ4v) is 2.25. The van der Waals surface area contributed by atoms with Crippen LogP contribution in [0.15, 0.2) is 0 Å². The predicted molar refractivity (Wildman–Crippen MR) is 66.1 cm³/mol. The largest absolute Gasteiger partial charge is 0.368 e. The molecule has 1 atom stereocenters. The zero-order valence-corrected chi connectivity index (χ0v) is 10.6. The molecule has 1 unspecified atom stereocenters. The summed E-state index contributed by atoms with van der Waals surface area (Å²) in [6, 6.07) is 0. The molecule has 6 nitrogen and oxygen atoms in total. The number of amides is 2. The van der Waals surface area contributed by atoms with E-state index in [2.05, 4.69) is 10.6 Å². The van der Waals surface area contributed by atoms with Gasteiger partial charge in [-0.2, -0.15) is 0 Å². The van der Waals surface area contributed by atoms with E-state index < -0.39 is 0 Å². The fraction of sp³-hybridized carbons (Fsp3) is 0.833. The Kier molecular flexibility index (Phi) is 4.95. The summed E-state index contributed by atoms with van der Waals surface area (Å²) in [6.07, 6.45) is 2.43. The number of rotatable bonds is 3. The minimum absolute atomic E-state index is 0.0133. The van der Waals surface area contributed by atoms with Crippen molar-refractivity contribution >= 4 is 11.8 Å². The number of nitrogens with zero attached hydrogens (tertiary/aromatic N) is 1. The van der Waals surface area contributed by atoms with Gasteiger partial charge >= 0.3 is 0 Å². The van der Waals surface area contributed by atoms with E-state index in [4.69, 9.17) is 4.74 Å². The van der Waals surface area contributed by atoms with E-state index >= 15 is 0 Å². The van der Waals surface area contributed by atoms with E-state index in [1.165, 1.54) is 0 Å². The minimum Gasteiger partial charge on any atom is -0.368 e. The monoisotopic (exact) mass is 255 g/mol. The molecule has 2 rings (SSSR count). The average Bonchev–Trinajstić information content (AvgIpc) is 2.46. The number of ether oxygens (including phenoxy) is 1. The zero-order chi connectivity index (χ0) is 12.8. The third kappa shape index (κ3) is 3.68. The second kappa shape index (κ2) is 6.70. The Morgan fingerprint density at radius 1 is 1.28 bits per heavy atom. The fourth-order valence-electron chi connectivity index (χ4n) is 2.25. The van der Waals surface area contributed by atoms with Crippen molar-refractivity contribution in [1.82, 2.24) is 15.5 Å². The van der Waals surface area contributed by atoms with E-state index in [-0.39, 0.29) is 24.5 Å². The van der Waals surface area contributed by atoms with Crippen molar-refractivity contribution in [3.8, 4) is 0 Å². The molecular formula is C12H21N3O3. The molecule has 2 heterocycles. The van der Waals surface area contributed by atoms with Gasteiger partial charge in [-0.15, -0.1) is 0 Å². The normalized spacial score (nSPS) is 24.7. The number of hydrogen-bond acceptors (Lipinski definition) is 4. The SMILES string of the molecule is O=C(NCC(=O)N1CCNCC1)C1CCCCO1. The van der Waals surface area contributed by atoms with E-state index in [9.17, 15) is 9.59 Å². The Hall–Kier alpha value is -1.14. The summed E-state index contributed by atoms with van der Waals surface area (Å²) < 4.78 is 5.37. The first kappa shape index (κ1) is 13.3. The second-order valence-electron chi connectivity index (χ2n) is 4.70. The molecule has 2 saturated heterocycles. The second-order valence-corrected chi connectivity index (χ2v) is 4.70. The standard InChI is InChI=1S/C12H21N3O3/c16-11(15-6-4-13-5-7-15)9-14-12(17)10-3-1-2-8-18-10/h10,13H,1-9H2,(H,14,17). The molecule has 0 radical (unpaired) electrons. The topological polar surface area (TPSA) is 70.7 Å². The number of nitrogens with one attached hydrogen (secondary N) is 2. The Morgan fingerprint density at radius 2 is 2.06 bits per heavy atom. The molecule has 0 aromatic carbocycles. The van der Waals surface area contributed by atoms with Gasteiger partial charge in [0.25, 0.3) is 0 Å². The molecule has 2 N–H and O–H groups in total. The Morgan fingerprint density at radius 3 is 2.72 bits per heavy atom. The van der Waals surface area contributed by atoms with Crippen LogP contribution in [0.5, 0.6) is 0 Å². The highest BCUT2D eigenvalue weighted by atomic mass is 16.5. The van der Waals surface area contributed by atoms with E-state index in [1.54, 1.807) is 4.90 Å². The molecule has 0 bridgehead atoms. The van der Waals surface area contributed by atoms with Crippen LogP contribution in [0.4, 0.5) is 0 Å². The number of piperazine rings is 1. The molecule has 0 spiro atoms. The van der Waals surface area contributed by atoms with Crippen molar-refractivity contribution in [1.29, 1.82) is 0 Å². The molecule has 0 saturated carbocycles. The number of carbonyl (C=O) groups is 2. The molecular weight excluding hydrogens is 234 g/mol. The molecule has 102 valence electrons. The molecule has 2 amide bonds. The maximum Gasteiger partial charge on any atom is 0.249 e. The van der Waals surface area contributed by atoms with E-state index in [1.807, 2.05) is 0 Å². The summed E-state index contributed by atoms with van der Waals surface area (Å²) in [5.74, 6) is -0.168. The molecule has 2 aliphatic rings. The van der Waals surface area contributed by atoms with Crippen molar-refractivity contribution in [3.05, 3.63) is 0 Å². The third-order valence-electron chi connectivity index (χ3n) is 3.36. The number of hydrogen-bond donors (Lipinski definition) is 2. The van der Waals surface area contributed by atoms with Gasteiger partial charge in [-0.1, -0.05) is 0 Å². The van der Waals surface area contributed by atoms with Gasteiger partial charge in [-0.25, -0.2) is 0 Å². The van der Waals surface area contributed by atoms with Crippen LogP contribution in [0.2, 0.25) is 0 Å². The van der Waals surface area contributed by atoms with Gasteiger partial charge in [0, 0.05) is 32.8 Å². The third-order valence-corrected chi connectivity index (χ3v) is 3.36. The molecule has 18 heavy (non-hydrogen) atoms. The first-order chi connectivity index (χ1) is 8.77. The quantitative estimate of drug-likeness (QED) is 0.686. The predicted octanol–water partition coefficient (Wildman–Crippen LogP) is -0.896.